The molecule has 106 valence electrons. The zero-order chi connectivity index (χ0) is 14.0. The van der Waals surface area contributed by atoms with Gasteiger partial charge in [0.15, 0.2) is 0 Å². The average Bonchev–Trinajstić information content (AvgIpc) is 2.32. The minimum Gasteiger partial charge on any atom is -0.314 e. The van der Waals surface area contributed by atoms with Crippen molar-refractivity contribution in [3.05, 3.63) is 35.4 Å². The van der Waals surface area contributed by atoms with Crippen molar-refractivity contribution in [3.63, 3.8) is 0 Å². The van der Waals surface area contributed by atoms with Crippen LogP contribution in [0.5, 0.6) is 0 Å². The Balaban J connectivity index is 2.36. The number of nitrogens with one attached hydrogen (secondary N) is 1. The molecule has 1 atom stereocenters. The summed E-state index contributed by atoms with van der Waals surface area (Å²) in [5.41, 5.74) is -0.532. The van der Waals surface area contributed by atoms with Gasteiger partial charge in [-0.05, 0) is 6.07 Å². The van der Waals surface area contributed by atoms with Crippen molar-refractivity contribution >= 4 is 0 Å². The van der Waals surface area contributed by atoms with E-state index >= 15 is 0 Å². The molecule has 7 heteroatoms. The standard InChI is InChI=1S/C12H13F5N2/c13-8-1-2-9(10(14)7-8)11(12(15,16)17)19-5-3-18-4-6-19/h1-2,7,11,18H,3-6H2. The van der Waals surface area contributed by atoms with Gasteiger partial charge in [-0.25, -0.2) is 8.78 Å². The van der Waals surface area contributed by atoms with Crippen molar-refractivity contribution in [3.8, 4) is 0 Å². The van der Waals surface area contributed by atoms with Gasteiger partial charge in [-0.15, -0.1) is 0 Å². The van der Waals surface area contributed by atoms with Gasteiger partial charge in [0.25, 0.3) is 0 Å². The van der Waals surface area contributed by atoms with Crippen LogP contribution in [0, 0.1) is 11.6 Å². The van der Waals surface area contributed by atoms with Gasteiger partial charge < -0.3 is 5.32 Å². The Bertz CT molecular complexity index is 440. The second-order valence-electron chi connectivity index (χ2n) is 4.40. The van der Waals surface area contributed by atoms with Crippen molar-refractivity contribution in [1.82, 2.24) is 10.2 Å². The number of nitrogens with zero attached hydrogens (tertiary/aromatic N) is 1. The number of benzene rings is 1. The van der Waals surface area contributed by atoms with Gasteiger partial charge in [-0.3, -0.25) is 4.90 Å². The molecule has 1 aromatic carbocycles. The van der Waals surface area contributed by atoms with Crippen LogP contribution < -0.4 is 5.32 Å². The molecule has 0 bridgehead atoms. The number of hydrogen-bond acceptors (Lipinski definition) is 2. The highest BCUT2D eigenvalue weighted by Crippen LogP contribution is 2.38. The molecule has 0 amide bonds. The molecule has 1 unspecified atom stereocenters. The molecule has 1 fully saturated rings. The largest absolute Gasteiger partial charge is 0.408 e. The van der Waals surface area contributed by atoms with Gasteiger partial charge >= 0.3 is 6.18 Å². The molecule has 0 radical (unpaired) electrons. The van der Waals surface area contributed by atoms with E-state index in [2.05, 4.69) is 5.32 Å². The topological polar surface area (TPSA) is 15.3 Å². The summed E-state index contributed by atoms with van der Waals surface area (Å²) in [4.78, 5) is 1.16. The van der Waals surface area contributed by atoms with Gasteiger partial charge in [-0.1, -0.05) is 6.07 Å². The van der Waals surface area contributed by atoms with Crippen LogP contribution in [0.3, 0.4) is 0 Å². The first-order valence-electron chi connectivity index (χ1n) is 5.86. The maximum Gasteiger partial charge on any atom is 0.408 e. The fraction of sp³-hybridized carbons (Fsp3) is 0.500. The Kier molecular flexibility index (Phi) is 4.05. The predicted octanol–water partition coefficient (Wildman–Crippen LogP) is 2.47. The summed E-state index contributed by atoms with van der Waals surface area (Å²) in [7, 11) is 0. The first-order valence-corrected chi connectivity index (χ1v) is 5.86. The number of rotatable bonds is 2. The van der Waals surface area contributed by atoms with Crippen molar-refractivity contribution in [2.45, 2.75) is 12.2 Å². The van der Waals surface area contributed by atoms with Crippen molar-refractivity contribution < 1.29 is 22.0 Å². The Hall–Kier alpha value is -1.21. The summed E-state index contributed by atoms with van der Waals surface area (Å²) in [5, 5.41) is 2.93. The van der Waals surface area contributed by atoms with Crippen molar-refractivity contribution in [2.75, 3.05) is 26.2 Å². The highest BCUT2D eigenvalue weighted by atomic mass is 19.4. The van der Waals surface area contributed by atoms with Gasteiger partial charge in [-0.2, -0.15) is 13.2 Å². The Morgan fingerprint density at radius 3 is 2.26 bits per heavy atom. The summed E-state index contributed by atoms with van der Waals surface area (Å²) in [6.07, 6.45) is -4.60. The van der Waals surface area contributed by atoms with Gasteiger partial charge in [0.2, 0.25) is 0 Å². The van der Waals surface area contributed by atoms with Gasteiger partial charge in [0.05, 0.1) is 0 Å². The second-order valence-corrected chi connectivity index (χ2v) is 4.40. The molecular formula is C12H13F5N2. The molecule has 0 spiro atoms. The number of piperazine rings is 1. The van der Waals surface area contributed by atoms with E-state index in [4.69, 9.17) is 0 Å². The minimum atomic E-state index is -4.60. The van der Waals surface area contributed by atoms with E-state index in [9.17, 15) is 22.0 Å². The normalized spacial score (nSPS) is 19.4. The van der Waals surface area contributed by atoms with E-state index in [0.717, 1.165) is 17.0 Å². The van der Waals surface area contributed by atoms with Crippen LogP contribution in [-0.4, -0.2) is 37.3 Å². The van der Waals surface area contributed by atoms with Gasteiger partial charge in [0, 0.05) is 37.8 Å². The molecule has 1 aliphatic rings. The van der Waals surface area contributed by atoms with Crippen LogP contribution in [0.25, 0.3) is 0 Å². The molecule has 19 heavy (non-hydrogen) atoms. The monoisotopic (exact) mass is 280 g/mol. The lowest BCUT2D eigenvalue weighted by atomic mass is 10.0. The quantitative estimate of drug-likeness (QED) is 0.837. The van der Waals surface area contributed by atoms with E-state index in [0.29, 0.717) is 19.2 Å². The molecule has 1 aliphatic heterocycles. The lowest BCUT2D eigenvalue weighted by Crippen LogP contribution is -2.49. The Morgan fingerprint density at radius 2 is 1.74 bits per heavy atom. The van der Waals surface area contributed by atoms with Crippen LogP contribution in [0.1, 0.15) is 11.6 Å². The SMILES string of the molecule is Fc1ccc(C(N2CCNCC2)C(F)(F)F)c(F)c1. The molecule has 1 heterocycles. The molecule has 0 saturated carbocycles. The molecule has 2 rings (SSSR count). The summed E-state index contributed by atoms with van der Waals surface area (Å²) in [5.74, 6) is -2.05. The zero-order valence-electron chi connectivity index (χ0n) is 9.97. The summed E-state index contributed by atoms with van der Waals surface area (Å²) in [6.45, 7) is 1.16. The first-order chi connectivity index (χ1) is 8.89. The maximum atomic E-state index is 13.6. The highest BCUT2D eigenvalue weighted by molar-refractivity contribution is 5.24. The molecule has 1 aromatic rings. The van der Waals surface area contributed by atoms with Crippen molar-refractivity contribution in [2.24, 2.45) is 0 Å². The third-order valence-corrected chi connectivity index (χ3v) is 3.08. The lowest BCUT2D eigenvalue weighted by molar-refractivity contribution is -0.188. The lowest BCUT2D eigenvalue weighted by Gasteiger charge is -2.36. The molecular weight excluding hydrogens is 267 g/mol. The summed E-state index contributed by atoms with van der Waals surface area (Å²) >= 11 is 0. The van der Waals surface area contributed by atoms with Crippen molar-refractivity contribution in [1.29, 1.82) is 0 Å². The minimum absolute atomic E-state index is 0.168. The van der Waals surface area contributed by atoms with Crippen LogP contribution >= 0.6 is 0 Å². The third kappa shape index (κ3) is 3.22. The van der Waals surface area contributed by atoms with Crippen LogP contribution in [0.4, 0.5) is 22.0 Å². The molecule has 0 aromatic heterocycles. The van der Waals surface area contributed by atoms with E-state index in [1.54, 1.807) is 0 Å². The summed E-state index contributed by atoms with van der Waals surface area (Å²) in [6, 6.07) is 0.163. The van der Waals surface area contributed by atoms with Crippen LogP contribution in [0.2, 0.25) is 0 Å². The van der Waals surface area contributed by atoms with Crippen LogP contribution in [0.15, 0.2) is 18.2 Å². The summed E-state index contributed by atoms with van der Waals surface area (Å²) < 4.78 is 65.9. The van der Waals surface area contributed by atoms with Gasteiger partial charge in [0.1, 0.15) is 17.7 Å². The second kappa shape index (κ2) is 5.42. The van der Waals surface area contributed by atoms with E-state index in [1.807, 2.05) is 0 Å². The number of hydrogen-bond donors (Lipinski definition) is 1. The van der Waals surface area contributed by atoms with E-state index in [1.165, 1.54) is 0 Å². The Morgan fingerprint density at radius 1 is 1.11 bits per heavy atom. The molecule has 0 aliphatic carbocycles. The smallest absolute Gasteiger partial charge is 0.314 e. The molecule has 1 saturated heterocycles. The highest BCUT2D eigenvalue weighted by Gasteiger charge is 2.46. The number of halogens is 5. The fourth-order valence-corrected chi connectivity index (χ4v) is 2.24. The Labute approximate surface area is 107 Å². The zero-order valence-corrected chi connectivity index (χ0v) is 9.97. The molecule has 1 N–H and O–H groups in total. The predicted molar refractivity (Wildman–Crippen MR) is 59.6 cm³/mol. The fourth-order valence-electron chi connectivity index (χ4n) is 2.24. The third-order valence-electron chi connectivity index (χ3n) is 3.08. The average molecular weight is 280 g/mol. The van der Waals surface area contributed by atoms with E-state index in [-0.39, 0.29) is 13.1 Å². The number of alkyl halides is 3. The maximum absolute atomic E-state index is 13.6. The van der Waals surface area contributed by atoms with Crippen LogP contribution in [-0.2, 0) is 0 Å². The molecule has 2 nitrogen and oxygen atoms in total. The van der Waals surface area contributed by atoms with E-state index < -0.39 is 29.4 Å². The first kappa shape index (κ1) is 14.2.